The molecule has 0 aromatic heterocycles. The van der Waals surface area contributed by atoms with Crippen LogP contribution in [0.5, 0.6) is 5.75 Å². The monoisotopic (exact) mass is 281 g/mol. The first-order valence-corrected chi connectivity index (χ1v) is 6.92. The zero-order chi connectivity index (χ0) is 15.0. The summed E-state index contributed by atoms with van der Waals surface area (Å²) in [4.78, 5) is 10.5. The lowest BCUT2D eigenvalue weighted by Gasteiger charge is -2.11. The second kappa shape index (κ2) is 8.37. The van der Waals surface area contributed by atoms with Crippen molar-refractivity contribution >= 4 is 11.4 Å². The fourth-order valence-corrected chi connectivity index (χ4v) is 1.66. The molecule has 1 rings (SSSR count). The molecule has 1 aromatic rings. The van der Waals surface area contributed by atoms with Gasteiger partial charge in [-0.3, -0.25) is 10.1 Å². The van der Waals surface area contributed by atoms with Crippen LogP contribution < -0.4 is 15.4 Å². The Balaban J connectivity index is 2.67. The first kappa shape index (κ1) is 16.2. The van der Waals surface area contributed by atoms with Gasteiger partial charge in [0, 0.05) is 37.0 Å². The Kier molecular flexibility index (Phi) is 6.79. The maximum absolute atomic E-state index is 10.9. The molecule has 0 saturated heterocycles. The van der Waals surface area contributed by atoms with Gasteiger partial charge in [-0.25, -0.2) is 0 Å². The number of hydrogen-bond donors (Lipinski definition) is 2. The number of nitro benzene ring substituents is 1. The Morgan fingerprint density at radius 1 is 1.30 bits per heavy atom. The van der Waals surface area contributed by atoms with Gasteiger partial charge in [0.1, 0.15) is 5.75 Å². The van der Waals surface area contributed by atoms with Gasteiger partial charge in [-0.05, 0) is 6.42 Å². The molecule has 0 aliphatic heterocycles. The predicted molar refractivity (Wildman–Crippen MR) is 80.5 cm³/mol. The lowest BCUT2D eigenvalue weighted by atomic mass is 10.2. The van der Waals surface area contributed by atoms with Crippen molar-refractivity contribution in [3.63, 3.8) is 0 Å². The van der Waals surface area contributed by atoms with E-state index in [0.29, 0.717) is 30.6 Å². The largest absolute Gasteiger partial charge is 0.493 e. The van der Waals surface area contributed by atoms with Gasteiger partial charge in [0.25, 0.3) is 5.69 Å². The number of nitrogens with one attached hydrogen (secondary N) is 2. The maximum atomic E-state index is 10.9. The van der Waals surface area contributed by atoms with E-state index in [1.54, 1.807) is 6.07 Å². The summed E-state index contributed by atoms with van der Waals surface area (Å²) in [5, 5.41) is 17.3. The molecular formula is C14H23N3O3. The van der Waals surface area contributed by atoms with Gasteiger partial charge in [-0.1, -0.05) is 20.8 Å². The number of non-ortho nitro benzene ring substituents is 1. The molecule has 1 aromatic carbocycles. The third-order valence-electron chi connectivity index (χ3n) is 2.58. The minimum absolute atomic E-state index is 0.0397. The second-order valence-electron chi connectivity index (χ2n) is 4.86. The molecule has 0 radical (unpaired) electrons. The molecule has 0 bridgehead atoms. The zero-order valence-corrected chi connectivity index (χ0v) is 12.3. The standard InChI is InChI=1S/C14H23N3O3/c1-4-7-20-14-9-12(8-13(10-14)17(18)19)16-6-5-15-11(2)3/h8-11,15-16H,4-7H2,1-3H3. The number of rotatable bonds is 9. The lowest BCUT2D eigenvalue weighted by Crippen LogP contribution is -2.28. The van der Waals surface area contributed by atoms with E-state index in [-0.39, 0.29) is 5.69 Å². The molecule has 20 heavy (non-hydrogen) atoms. The van der Waals surface area contributed by atoms with Gasteiger partial charge in [0.15, 0.2) is 0 Å². The summed E-state index contributed by atoms with van der Waals surface area (Å²) in [6, 6.07) is 5.18. The van der Waals surface area contributed by atoms with Crippen LogP contribution in [0.1, 0.15) is 27.2 Å². The van der Waals surface area contributed by atoms with E-state index in [1.165, 1.54) is 12.1 Å². The third kappa shape index (κ3) is 5.88. The van der Waals surface area contributed by atoms with E-state index in [9.17, 15) is 10.1 Å². The SMILES string of the molecule is CCCOc1cc(NCCNC(C)C)cc([N+](=O)[O-])c1. The number of nitrogens with zero attached hydrogens (tertiary/aromatic N) is 1. The highest BCUT2D eigenvalue weighted by atomic mass is 16.6. The summed E-state index contributed by atoms with van der Waals surface area (Å²) >= 11 is 0. The average Bonchev–Trinajstić information content (AvgIpc) is 2.41. The summed E-state index contributed by atoms with van der Waals surface area (Å²) in [6.07, 6.45) is 0.865. The quantitative estimate of drug-likeness (QED) is 0.413. The summed E-state index contributed by atoms with van der Waals surface area (Å²) < 4.78 is 5.47. The molecule has 0 spiro atoms. The van der Waals surface area contributed by atoms with E-state index >= 15 is 0 Å². The van der Waals surface area contributed by atoms with Crippen molar-refractivity contribution in [1.82, 2.24) is 5.32 Å². The summed E-state index contributed by atoms with van der Waals surface area (Å²) in [5.41, 5.74) is 0.744. The second-order valence-corrected chi connectivity index (χ2v) is 4.86. The molecule has 0 unspecified atom stereocenters. The van der Waals surface area contributed by atoms with Crippen molar-refractivity contribution in [2.24, 2.45) is 0 Å². The molecule has 0 aliphatic rings. The summed E-state index contributed by atoms with van der Waals surface area (Å²) in [7, 11) is 0. The molecule has 0 aliphatic carbocycles. The van der Waals surface area contributed by atoms with Gasteiger partial charge >= 0.3 is 0 Å². The first-order chi connectivity index (χ1) is 9.52. The van der Waals surface area contributed by atoms with Crippen molar-refractivity contribution in [3.8, 4) is 5.75 Å². The molecule has 0 saturated carbocycles. The Labute approximate surface area is 119 Å². The Morgan fingerprint density at radius 3 is 2.65 bits per heavy atom. The Morgan fingerprint density at radius 2 is 2.05 bits per heavy atom. The molecule has 6 nitrogen and oxygen atoms in total. The highest BCUT2D eigenvalue weighted by Gasteiger charge is 2.10. The van der Waals surface area contributed by atoms with Crippen LogP contribution in [0.2, 0.25) is 0 Å². The van der Waals surface area contributed by atoms with E-state index in [1.807, 2.05) is 6.92 Å². The number of nitro groups is 1. The molecule has 112 valence electrons. The maximum Gasteiger partial charge on any atom is 0.275 e. The molecule has 6 heteroatoms. The smallest absolute Gasteiger partial charge is 0.275 e. The molecule has 0 amide bonds. The fraction of sp³-hybridized carbons (Fsp3) is 0.571. The molecule has 0 heterocycles. The van der Waals surface area contributed by atoms with Gasteiger partial charge in [0.2, 0.25) is 0 Å². The van der Waals surface area contributed by atoms with Crippen LogP contribution in [0.3, 0.4) is 0 Å². The van der Waals surface area contributed by atoms with Crippen molar-refractivity contribution in [2.45, 2.75) is 33.2 Å². The van der Waals surface area contributed by atoms with Crippen molar-refractivity contribution < 1.29 is 9.66 Å². The van der Waals surface area contributed by atoms with Crippen LogP contribution in [0.25, 0.3) is 0 Å². The first-order valence-electron chi connectivity index (χ1n) is 6.92. The Hall–Kier alpha value is -1.82. The number of anilines is 1. The van der Waals surface area contributed by atoms with Crippen LogP contribution >= 0.6 is 0 Å². The van der Waals surface area contributed by atoms with E-state index in [4.69, 9.17) is 4.74 Å². The van der Waals surface area contributed by atoms with Gasteiger partial charge in [-0.2, -0.15) is 0 Å². The lowest BCUT2D eigenvalue weighted by molar-refractivity contribution is -0.384. The third-order valence-corrected chi connectivity index (χ3v) is 2.58. The van der Waals surface area contributed by atoms with Gasteiger partial charge in [-0.15, -0.1) is 0 Å². The van der Waals surface area contributed by atoms with Crippen LogP contribution in [-0.4, -0.2) is 30.7 Å². The van der Waals surface area contributed by atoms with Gasteiger partial charge in [0.05, 0.1) is 17.6 Å². The average molecular weight is 281 g/mol. The van der Waals surface area contributed by atoms with Crippen LogP contribution in [0.15, 0.2) is 18.2 Å². The predicted octanol–water partition coefficient (Wildman–Crippen LogP) is 2.79. The topological polar surface area (TPSA) is 76.4 Å². The van der Waals surface area contributed by atoms with Crippen LogP contribution in [0.4, 0.5) is 11.4 Å². The van der Waals surface area contributed by atoms with Crippen molar-refractivity contribution in [2.75, 3.05) is 25.0 Å². The molecular weight excluding hydrogens is 258 g/mol. The molecule has 0 atom stereocenters. The Bertz CT molecular complexity index is 436. The normalized spacial score (nSPS) is 10.6. The number of ether oxygens (including phenoxy) is 1. The summed E-state index contributed by atoms with van der Waals surface area (Å²) in [5.74, 6) is 0.528. The highest BCUT2D eigenvalue weighted by Crippen LogP contribution is 2.26. The van der Waals surface area contributed by atoms with Crippen LogP contribution in [-0.2, 0) is 0 Å². The number of benzene rings is 1. The fourth-order valence-electron chi connectivity index (χ4n) is 1.66. The molecule has 2 N–H and O–H groups in total. The zero-order valence-electron chi connectivity index (χ0n) is 12.3. The number of hydrogen-bond acceptors (Lipinski definition) is 5. The van der Waals surface area contributed by atoms with Crippen LogP contribution in [0, 0.1) is 10.1 Å². The van der Waals surface area contributed by atoms with E-state index in [2.05, 4.69) is 24.5 Å². The van der Waals surface area contributed by atoms with Crippen molar-refractivity contribution in [1.29, 1.82) is 0 Å². The van der Waals surface area contributed by atoms with Crippen molar-refractivity contribution in [3.05, 3.63) is 28.3 Å². The van der Waals surface area contributed by atoms with E-state index in [0.717, 1.165) is 13.0 Å². The summed E-state index contributed by atoms with van der Waals surface area (Å²) in [6.45, 7) is 8.19. The van der Waals surface area contributed by atoms with Gasteiger partial charge < -0.3 is 15.4 Å². The minimum Gasteiger partial charge on any atom is -0.493 e. The van der Waals surface area contributed by atoms with E-state index < -0.39 is 4.92 Å². The minimum atomic E-state index is -0.406. The molecule has 0 fully saturated rings. The highest BCUT2D eigenvalue weighted by molar-refractivity contribution is 5.56.